The first-order valence-electron chi connectivity index (χ1n) is 7.18. The molecule has 0 atom stereocenters. The summed E-state index contributed by atoms with van der Waals surface area (Å²) in [5.74, 6) is 0.354. The van der Waals surface area contributed by atoms with E-state index in [1.165, 1.54) is 30.2 Å². The number of hydrogen-bond acceptors (Lipinski definition) is 3. The molecule has 0 saturated heterocycles. The van der Waals surface area contributed by atoms with Crippen molar-refractivity contribution < 1.29 is 4.79 Å². The Kier molecular flexibility index (Phi) is 5.87. The number of nitrogens with one attached hydrogen (secondary N) is 1. The van der Waals surface area contributed by atoms with Crippen LogP contribution in [0, 0.1) is 0 Å². The van der Waals surface area contributed by atoms with Crippen LogP contribution in [0.25, 0.3) is 0 Å². The summed E-state index contributed by atoms with van der Waals surface area (Å²) in [6, 6.07) is 8.09. The van der Waals surface area contributed by atoms with E-state index in [9.17, 15) is 4.79 Å². The van der Waals surface area contributed by atoms with Gasteiger partial charge in [-0.3, -0.25) is 4.79 Å². The molecule has 0 radical (unpaired) electrons. The van der Waals surface area contributed by atoms with Crippen molar-refractivity contribution >= 4 is 23.4 Å². The molecule has 1 aromatic carbocycles. The molecule has 2 rings (SSSR count). The average molecular weight is 303 g/mol. The summed E-state index contributed by atoms with van der Waals surface area (Å²) in [5.41, 5.74) is 2.16. The fraction of sp³-hybridized carbons (Fsp3) is 0.375. The van der Waals surface area contributed by atoms with Gasteiger partial charge in [0.1, 0.15) is 0 Å². The van der Waals surface area contributed by atoms with E-state index in [4.69, 9.17) is 0 Å². The van der Waals surface area contributed by atoms with Crippen molar-refractivity contribution in [2.24, 2.45) is 7.05 Å². The first-order valence-corrected chi connectivity index (χ1v) is 8.16. The lowest BCUT2D eigenvalue weighted by atomic mass is 10.1. The quantitative estimate of drug-likeness (QED) is 0.796. The zero-order chi connectivity index (χ0) is 15.1. The first-order chi connectivity index (χ1) is 10.2. The molecule has 0 bridgehead atoms. The highest BCUT2D eigenvalue weighted by atomic mass is 32.2. The van der Waals surface area contributed by atoms with E-state index in [0.717, 1.165) is 17.3 Å². The SMILES string of the molecule is CCCCc1ccc(NC(=O)CSc2nccn2C)cc1. The summed E-state index contributed by atoms with van der Waals surface area (Å²) < 4.78 is 1.90. The number of nitrogens with zero attached hydrogens (tertiary/aromatic N) is 2. The molecule has 1 N–H and O–H groups in total. The minimum atomic E-state index is -0.00990. The predicted molar refractivity (Wildman–Crippen MR) is 87.6 cm³/mol. The highest BCUT2D eigenvalue weighted by Gasteiger charge is 2.06. The third-order valence-electron chi connectivity index (χ3n) is 3.17. The Hall–Kier alpha value is -1.75. The Balaban J connectivity index is 1.81. The second-order valence-electron chi connectivity index (χ2n) is 4.96. The van der Waals surface area contributed by atoms with E-state index >= 15 is 0 Å². The van der Waals surface area contributed by atoms with Crippen LogP contribution in [-0.2, 0) is 18.3 Å². The van der Waals surface area contributed by atoms with Gasteiger partial charge in [-0.05, 0) is 30.5 Å². The van der Waals surface area contributed by atoms with Crippen LogP contribution in [-0.4, -0.2) is 21.2 Å². The minimum Gasteiger partial charge on any atom is -0.329 e. The molecule has 1 heterocycles. The Morgan fingerprint density at radius 2 is 2.10 bits per heavy atom. The van der Waals surface area contributed by atoms with Gasteiger partial charge >= 0.3 is 0 Å². The molecular weight excluding hydrogens is 282 g/mol. The van der Waals surface area contributed by atoms with E-state index in [0.29, 0.717) is 5.75 Å². The monoisotopic (exact) mass is 303 g/mol. The van der Waals surface area contributed by atoms with Crippen molar-refractivity contribution in [1.82, 2.24) is 9.55 Å². The van der Waals surface area contributed by atoms with E-state index in [1.807, 2.05) is 29.9 Å². The number of anilines is 1. The van der Waals surface area contributed by atoms with Gasteiger partial charge in [0.15, 0.2) is 5.16 Å². The molecule has 0 saturated carbocycles. The summed E-state index contributed by atoms with van der Waals surface area (Å²) >= 11 is 1.44. The summed E-state index contributed by atoms with van der Waals surface area (Å²) in [4.78, 5) is 16.1. The van der Waals surface area contributed by atoms with Crippen molar-refractivity contribution in [2.75, 3.05) is 11.1 Å². The number of unbranched alkanes of at least 4 members (excludes halogenated alkanes) is 1. The van der Waals surface area contributed by atoms with Gasteiger partial charge in [-0.15, -0.1) is 0 Å². The van der Waals surface area contributed by atoms with Gasteiger partial charge in [0.05, 0.1) is 5.75 Å². The number of amides is 1. The molecular formula is C16H21N3OS. The van der Waals surface area contributed by atoms with Crippen molar-refractivity contribution in [1.29, 1.82) is 0 Å². The third kappa shape index (κ3) is 4.93. The average Bonchev–Trinajstić information content (AvgIpc) is 2.90. The Morgan fingerprint density at radius 3 is 2.71 bits per heavy atom. The van der Waals surface area contributed by atoms with Crippen LogP contribution in [0.2, 0.25) is 0 Å². The molecule has 0 aliphatic heterocycles. The Bertz CT molecular complexity index is 577. The number of rotatable bonds is 7. The largest absolute Gasteiger partial charge is 0.329 e. The lowest BCUT2D eigenvalue weighted by Gasteiger charge is -2.06. The molecule has 112 valence electrons. The smallest absolute Gasteiger partial charge is 0.234 e. The lowest BCUT2D eigenvalue weighted by Crippen LogP contribution is -2.14. The number of imidazole rings is 1. The molecule has 5 heteroatoms. The Labute approximate surface area is 130 Å². The fourth-order valence-corrected chi connectivity index (χ4v) is 2.69. The maximum absolute atomic E-state index is 11.9. The molecule has 1 amide bonds. The van der Waals surface area contributed by atoms with Crippen LogP contribution >= 0.6 is 11.8 Å². The van der Waals surface area contributed by atoms with Gasteiger partial charge in [0, 0.05) is 25.1 Å². The van der Waals surface area contributed by atoms with Gasteiger partial charge < -0.3 is 9.88 Å². The highest BCUT2D eigenvalue weighted by Crippen LogP contribution is 2.16. The van der Waals surface area contributed by atoms with Gasteiger partial charge in [-0.2, -0.15) is 0 Å². The van der Waals surface area contributed by atoms with Crippen molar-refractivity contribution in [3.63, 3.8) is 0 Å². The molecule has 0 unspecified atom stereocenters. The number of benzene rings is 1. The van der Waals surface area contributed by atoms with Gasteiger partial charge in [0.25, 0.3) is 0 Å². The number of carbonyl (C=O) groups excluding carboxylic acids is 1. The van der Waals surface area contributed by atoms with E-state index < -0.39 is 0 Å². The lowest BCUT2D eigenvalue weighted by molar-refractivity contribution is -0.113. The van der Waals surface area contributed by atoms with Crippen LogP contribution < -0.4 is 5.32 Å². The molecule has 0 aliphatic carbocycles. The van der Waals surface area contributed by atoms with E-state index in [2.05, 4.69) is 29.4 Å². The standard InChI is InChI=1S/C16H21N3OS/c1-3-4-5-13-6-8-14(9-7-13)18-15(20)12-21-16-17-10-11-19(16)2/h6-11H,3-5,12H2,1-2H3,(H,18,20). The Morgan fingerprint density at radius 1 is 1.33 bits per heavy atom. The van der Waals surface area contributed by atoms with Crippen LogP contribution in [0.5, 0.6) is 0 Å². The zero-order valence-electron chi connectivity index (χ0n) is 12.5. The minimum absolute atomic E-state index is 0.00990. The molecule has 21 heavy (non-hydrogen) atoms. The van der Waals surface area contributed by atoms with Crippen LogP contribution in [0.1, 0.15) is 25.3 Å². The van der Waals surface area contributed by atoms with Crippen LogP contribution in [0.3, 0.4) is 0 Å². The van der Waals surface area contributed by atoms with Gasteiger partial charge in [0.2, 0.25) is 5.91 Å². The summed E-state index contributed by atoms with van der Waals surface area (Å²) in [6.45, 7) is 2.19. The highest BCUT2D eigenvalue weighted by molar-refractivity contribution is 7.99. The third-order valence-corrected chi connectivity index (χ3v) is 4.22. The molecule has 4 nitrogen and oxygen atoms in total. The van der Waals surface area contributed by atoms with Gasteiger partial charge in [-0.1, -0.05) is 37.2 Å². The van der Waals surface area contributed by atoms with Crippen molar-refractivity contribution in [3.05, 3.63) is 42.2 Å². The van der Waals surface area contributed by atoms with Crippen LogP contribution in [0.15, 0.2) is 41.8 Å². The summed E-state index contributed by atoms with van der Waals surface area (Å²) in [5, 5.41) is 3.76. The number of aromatic nitrogens is 2. The molecule has 0 aliphatic rings. The predicted octanol–water partition coefficient (Wildman–Crippen LogP) is 3.49. The molecule has 1 aromatic heterocycles. The molecule has 0 spiro atoms. The number of hydrogen-bond donors (Lipinski definition) is 1. The van der Waals surface area contributed by atoms with E-state index in [1.54, 1.807) is 6.20 Å². The van der Waals surface area contributed by atoms with Gasteiger partial charge in [-0.25, -0.2) is 4.98 Å². The second kappa shape index (κ2) is 7.88. The number of thioether (sulfide) groups is 1. The first kappa shape index (κ1) is 15.6. The van der Waals surface area contributed by atoms with E-state index in [-0.39, 0.29) is 5.91 Å². The van der Waals surface area contributed by atoms with Crippen molar-refractivity contribution in [2.45, 2.75) is 31.3 Å². The zero-order valence-corrected chi connectivity index (χ0v) is 13.3. The fourth-order valence-electron chi connectivity index (χ4n) is 1.95. The molecule has 2 aromatic rings. The summed E-state index contributed by atoms with van der Waals surface area (Å²) in [7, 11) is 1.92. The normalized spacial score (nSPS) is 10.6. The maximum atomic E-state index is 11.9. The topological polar surface area (TPSA) is 46.9 Å². The maximum Gasteiger partial charge on any atom is 0.234 e. The second-order valence-corrected chi connectivity index (χ2v) is 5.90. The molecule has 0 fully saturated rings. The number of carbonyl (C=O) groups is 1. The summed E-state index contributed by atoms with van der Waals surface area (Å²) in [6.07, 6.45) is 7.10. The number of aryl methyl sites for hydroxylation is 2. The van der Waals surface area contributed by atoms with Crippen molar-refractivity contribution in [3.8, 4) is 0 Å². The van der Waals surface area contributed by atoms with Crippen LogP contribution in [0.4, 0.5) is 5.69 Å².